The summed E-state index contributed by atoms with van der Waals surface area (Å²) in [7, 11) is -3.85. The average Bonchev–Trinajstić information content (AvgIpc) is 3.50. The molecule has 0 unspecified atom stereocenters. The SMILES string of the molecule is N#CCCN1CCC(n2c(CCNC(=O)O)nc3cnc4c(ccn4S(=O)(=O)c4ccccc4)c32)CC1. The largest absolute Gasteiger partial charge is 0.465 e. The lowest BCUT2D eigenvalue weighted by atomic mass is 10.0. The third kappa shape index (κ3) is 4.75. The van der Waals surface area contributed by atoms with Gasteiger partial charge in [0.05, 0.1) is 22.7 Å². The Bertz CT molecular complexity index is 1580. The first kappa shape index (κ1) is 24.7. The molecule has 2 N–H and O–H groups in total. The van der Waals surface area contributed by atoms with E-state index < -0.39 is 16.1 Å². The number of rotatable bonds is 8. The number of hydrogen-bond acceptors (Lipinski definition) is 7. The van der Waals surface area contributed by atoms with Crippen LogP contribution in [0.15, 0.2) is 53.7 Å². The fraction of sp³-hybridized carbons (Fsp3) is 0.360. The van der Waals surface area contributed by atoms with Crippen molar-refractivity contribution in [3.05, 3.63) is 54.6 Å². The Morgan fingerprint density at radius 3 is 2.65 bits per heavy atom. The van der Waals surface area contributed by atoms with Crippen LogP contribution in [0.2, 0.25) is 0 Å². The van der Waals surface area contributed by atoms with E-state index in [4.69, 9.17) is 15.4 Å². The molecule has 4 aromatic rings. The van der Waals surface area contributed by atoms with Crippen LogP contribution in [0.3, 0.4) is 0 Å². The molecule has 37 heavy (non-hydrogen) atoms. The van der Waals surface area contributed by atoms with Crippen molar-refractivity contribution < 1.29 is 18.3 Å². The molecule has 3 aromatic heterocycles. The molecule has 0 spiro atoms. The van der Waals surface area contributed by atoms with Gasteiger partial charge in [0.25, 0.3) is 10.0 Å². The third-order valence-corrected chi connectivity index (χ3v) is 8.47. The molecule has 1 saturated heterocycles. The minimum atomic E-state index is -3.85. The summed E-state index contributed by atoms with van der Waals surface area (Å²) in [5, 5.41) is 21.0. The number of carbonyl (C=O) groups is 1. The number of nitriles is 1. The molecule has 0 radical (unpaired) electrons. The number of nitrogens with zero attached hydrogens (tertiary/aromatic N) is 6. The molecule has 4 heterocycles. The van der Waals surface area contributed by atoms with Gasteiger partial charge in [0.1, 0.15) is 11.3 Å². The summed E-state index contributed by atoms with van der Waals surface area (Å²) in [5.74, 6) is 0.729. The van der Waals surface area contributed by atoms with Crippen LogP contribution in [0.25, 0.3) is 22.1 Å². The highest BCUT2D eigenvalue weighted by Crippen LogP contribution is 2.34. The first-order valence-corrected chi connectivity index (χ1v) is 13.6. The maximum absolute atomic E-state index is 13.4. The topological polar surface area (TPSA) is 146 Å². The minimum Gasteiger partial charge on any atom is -0.465 e. The number of benzene rings is 1. The summed E-state index contributed by atoms with van der Waals surface area (Å²) < 4.78 is 30.1. The Morgan fingerprint density at radius 1 is 1.19 bits per heavy atom. The Morgan fingerprint density at radius 2 is 1.95 bits per heavy atom. The van der Waals surface area contributed by atoms with Crippen LogP contribution in [-0.4, -0.2) is 69.2 Å². The third-order valence-electron chi connectivity index (χ3n) is 6.79. The lowest BCUT2D eigenvalue weighted by Crippen LogP contribution is -2.35. The van der Waals surface area contributed by atoms with Crippen molar-refractivity contribution >= 4 is 38.2 Å². The lowest BCUT2D eigenvalue weighted by Gasteiger charge is -2.33. The highest BCUT2D eigenvalue weighted by molar-refractivity contribution is 7.90. The summed E-state index contributed by atoms with van der Waals surface area (Å²) in [6.07, 6.45) is 4.56. The number of hydrogen-bond donors (Lipinski definition) is 2. The summed E-state index contributed by atoms with van der Waals surface area (Å²) in [6.45, 7) is 2.60. The van der Waals surface area contributed by atoms with Crippen LogP contribution in [-0.2, 0) is 16.4 Å². The molecular formula is C25H27N7O4S. The predicted octanol–water partition coefficient (Wildman–Crippen LogP) is 2.98. The summed E-state index contributed by atoms with van der Waals surface area (Å²) >= 11 is 0. The normalized spacial score (nSPS) is 15.2. The first-order valence-electron chi connectivity index (χ1n) is 12.1. The van der Waals surface area contributed by atoms with Gasteiger partial charge in [-0.15, -0.1) is 0 Å². The average molecular weight is 522 g/mol. The molecule has 1 aliphatic rings. The highest BCUT2D eigenvalue weighted by atomic mass is 32.2. The van der Waals surface area contributed by atoms with E-state index in [1.165, 1.54) is 10.2 Å². The van der Waals surface area contributed by atoms with E-state index in [1.54, 1.807) is 42.6 Å². The van der Waals surface area contributed by atoms with E-state index in [0.29, 0.717) is 29.4 Å². The number of carboxylic acid groups (broad SMARTS) is 1. The Hall–Kier alpha value is -3.95. The monoisotopic (exact) mass is 521 g/mol. The van der Waals surface area contributed by atoms with Gasteiger partial charge in [0, 0.05) is 56.6 Å². The van der Waals surface area contributed by atoms with Crippen molar-refractivity contribution in [2.75, 3.05) is 26.2 Å². The molecule has 12 heteroatoms. The molecule has 192 valence electrons. The number of aromatic nitrogens is 4. The number of piperidine rings is 1. The van der Waals surface area contributed by atoms with Crippen molar-refractivity contribution in [3.63, 3.8) is 0 Å². The van der Waals surface area contributed by atoms with Crippen molar-refractivity contribution in [2.45, 2.75) is 36.6 Å². The van der Waals surface area contributed by atoms with Crippen molar-refractivity contribution in [1.82, 2.24) is 28.7 Å². The Kier molecular flexibility index (Phi) is 6.82. The molecular weight excluding hydrogens is 494 g/mol. The molecule has 0 saturated carbocycles. The van der Waals surface area contributed by atoms with E-state index >= 15 is 0 Å². The van der Waals surface area contributed by atoms with Gasteiger partial charge in [-0.05, 0) is 31.0 Å². The highest BCUT2D eigenvalue weighted by Gasteiger charge is 2.27. The van der Waals surface area contributed by atoms with E-state index in [-0.39, 0.29) is 17.5 Å². The number of nitrogens with one attached hydrogen (secondary N) is 1. The Labute approximate surface area is 214 Å². The number of pyridine rings is 1. The fourth-order valence-corrected chi connectivity index (χ4v) is 6.38. The van der Waals surface area contributed by atoms with E-state index in [2.05, 4.69) is 25.8 Å². The number of amides is 1. The molecule has 5 rings (SSSR count). The molecule has 11 nitrogen and oxygen atoms in total. The van der Waals surface area contributed by atoms with Gasteiger partial charge in [-0.25, -0.2) is 27.2 Å². The summed E-state index contributed by atoms with van der Waals surface area (Å²) in [5.41, 5.74) is 1.76. The second kappa shape index (κ2) is 10.2. The van der Waals surface area contributed by atoms with Crippen LogP contribution in [0.5, 0.6) is 0 Å². The molecule has 0 bridgehead atoms. The van der Waals surface area contributed by atoms with E-state index in [1.807, 2.05) is 0 Å². The maximum Gasteiger partial charge on any atom is 0.404 e. The first-order chi connectivity index (χ1) is 17.9. The van der Waals surface area contributed by atoms with Crippen LogP contribution in [0.4, 0.5) is 4.79 Å². The number of imidazole rings is 1. The van der Waals surface area contributed by atoms with Crippen LogP contribution in [0.1, 0.15) is 31.1 Å². The molecule has 1 aliphatic heterocycles. The number of fused-ring (bicyclic) bond motifs is 3. The van der Waals surface area contributed by atoms with E-state index in [0.717, 1.165) is 43.8 Å². The molecule has 0 aliphatic carbocycles. The fourth-order valence-electron chi connectivity index (χ4n) is 5.06. The van der Waals surface area contributed by atoms with Gasteiger partial charge < -0.3 is 19.9 Å². The second-order valence-electron chi connectivity index (χ2n) is 9.02. The zero-order valence-electron chi connectivity index (χ0n) is 20.1. The molecule has 0 atom stereocenters. The zero-order chi connectivity index (χ0) is 26.0. The van der Waals surface area contributed by atoms with E-state index in [9.17, 15) is 13.2 Å². The van der Waals surface area contributed by atoms with Crippen molar-refractivity contribution in [1.29, 1.82) is 5.26 Å². The summed E-state index contributed by atoms with van der Waals surface area (Å²) in [4.78, 5) is 22.7. The quantitative estimate of drug-likeness (QED) is 0.360. The standard InChI is InChI=1S/C25H27N7O4S/c26-11-4-13-30-14-8-18(9-15-30)32-22(7-12-27-25(33)34)29-21-17-28-24-20(23(21)32)10-16-31(24)37(35,36)19-5-2-1-3-6-19/h1-3,5-6,10,16-18,27H,4,7-9,12-15H2,(H,33,34). The van der Waals surface area contributed by atoms with Gasteiger partial charge in [0.2, 0.25) is 0 Å². The maximum atomic E-state index is 13.4. The van der Waals surface area contributed by atoms with Gasteiger partial charge in [-0.1, -0.05) is 18.2 Å². The smallest absolute Gasteiger partial charge is 0.404 e. The zero-order valence-corrected chi connectivity index (χ0v) is 20.9. The minimum absolute atomic E-state index is 0.0999. The van der Waals surface area contributed by atoms with Gasteiger partial charge in [-0.3, -0.25) is 0 Å². The van der Waals surface area contributed by atoms with Crippen molar-refractivity contribution in [2.24, 2.45) is 0 Å². The van der Waals surface area contributed by atoms with Crippen molar-refractivity contribution in [3.8, 4) is 6.07 Å². The van der Waals surface area contributed by atoms with Crippen LogP contribution < -0.4 is 5.32 Å². The number of likely N-dealkylation sites (tertiary alicyclic amines) is 1. The van der Waals surface area contributed by atoms with Crippen LogP contribution in [0, 0.1) is 11.3 Å². The predicted molar refractivity (Wildman–Crippen MR) is 137 cm³/mol. The molecule has 1 fully saturated rings. The second-order valence-corrected chi connectivity index (χ2v) is 10.8. The molecule has 1 amide bonds. The Balaban J connectivity index is 1.59. The lowest BCUT2D eigenvalue weighted by molar-refractivity contribution is 0.189. The van der Waals surface area contributed by atoms with Crippen LogP contribution >= 0.6 is 0 Å². The van der Waals surface area contributed by atoms with Gasteiger partial charge in [-0.2, -0.15) is 5.26 Å². The molecule has 1 aromatic carbocycles. The van der Waals surface area contributed by atoms with Gasteiger partial charge >= 0.3 is 6.09 Å². The summed E-state index contributed by atoms with van der Waals surface area (Å²) in [6, 6.07) is 12.3. The van der Waals surface area contributed by atoms with Gasteiger partial charge in [0.15, 0.2) is 5.65 Å².